The van der Waals surface area contributed by atoms with Gasteiger partial charge in [-0.05, 0) is 6.42 Å². The van der Waals surface area contributed by atoms with Crippen LogP contribution in [0, 0.1) is 0 Å². The van der Waals surface area contributed by atoms with E-state index < -0.39 is 18.2 Å². The minimum atomic E-state index is -1.02. The van der Waals surface area contributed by atoms with Crippen molar-refractivity contribution in [2.75, 3.05) is 6.61 Å². The summed E-state index contributed by atoms with van der Waals surface area (Å²) in [6.45, 7) is 1.96. The summed E-state index contributed by atoms with van der Waals surface area (Å²) in [7, 11) is 0. The zero-order valence-corrected chi connectivity index (χ0v) is 15.1. The predicted molar refractivity (Wildman–Crippen MR) is 96.4 cm³/mol. The Kier molecular flexibility index (Phi) is 19.8. The summed E-state index contributed by atoms with van der Waals surface area (Å²) in [5.41, 5.74) is 5.49. The first-order chi connectivity index (χ1) is 10.6. The van der Waals surface area contributed by atoms with E-state index in [-0.39, 0.29) is 12.1 Å². The van der Waals surface area contributed by atoms with Crippen molar-refractivity contribution in [3.05, 3.63) is 0 Å². The Morgan fingerprint density at radius 3 is 1.52 bits per heavy atom. The smallest absolute Gasteiger partial charge is 0.0971 e. The molecule has 0 fully saturated rings. The van der Waals surface area contributed by atoms with Crippen LogP contribution in [0.25, 0.3) is 0 Å². The fourth-order valence-electron chi connectivity index (χ4n) is 2.76. The van der Waals surface area contributed by atoms with Crippen molar-refractivity contribution in [1.29, 1.82) is 0 Å². The molecule has 0 aromatic rings. The van der Waals surface area contributed by atoms with Gasteiger partial charge in [-0.15, -0.1) is 0 Å². The number of hydrogen-bond acceptors (Lipinski definition) is 4. The molecule has 0 aliphatic rings. The Labute approximate surface area is 142 Å². The predicted octanol–water partition coefficient (Wildman–Crippen LogP) is 2.29. The lowest BCUT2D eigenvalue weighted by atomic mass is 10.00. The fourth-order valence-corrected chi connectivity index (χ4v) is 2.76. The number of unbranched alkanes of at least 4 members (excludes halogenated alkanes) is 11. The van der Waals surface area contributed by atoms with E-state index in [1.807, 2.05) is 0 Å². The van der Waals surface area contributed by atoms with Gasteiger partial charge in [0.15, 0.2) is 0 Å². The molecule has 0 heterocycles. The van der Waals surface area contributed by atoms with Crippen LogP contribution in [0.5, 0.6) is 0 Å². The zero-order valence-electron chi connectivity index (χ0n) is 15.1. The highest BCUT2D eigenvalue weighted by Crippen LogP contribution is 2.14. The average molecular weight is 336 g/mol. The van der Waals surface area contributed by atoms with Gasteiger partial charge in [0.2, 0.25) is 0 Å². The van der Waals surface area contributed by atoms with Gasteiger partial charge in [0, 0.05) is 0 Å². The molecule has 5 nitrogen and oxygen atoms in total. The van der Waals surface area contributed by atoms with Crippen LogP contribution >= 0.6 is 0 Å². The second kappa shape index (κ2) is 18.1. The van der Waals surface area contributed by atoms with Crippen LogP contribution in [0.4, 0.5) is 0 Å². The summed E-state index contributed by atoms with van der Waals surface area (Å²) in [6, 6.07) is -0.743. The molecule has 0 saturated heterocycles. The third-order valence-electron chi connectivity index (χ3n) is 4.40. The van der Waals surface area contributed by atoms with Crippen LogP contribution in [-0.4, -0.2) is 45.7 Å². The van der Waals surface area contributed by atoms with Crippen molar-refractivity contribution in [2.24, 2.45) is 5.73 Å². The van der Waals surface area contributed by atoms with Crippen molar-refractivity contribution >= 4 is 0 Å². The normalized spacial score (nSPS) is 15.0. The minimum Gasteiger partial charge on any atom is -0.412 e. The molecule has 0 aromatic carbocycles. The van der Waals surface area contributed by atoms with Crippen LogP contribution in [-0.2, 0) is 0 Å². The standard InChI is InChI=1S/C18H39NO3.H2O/c1-2-3-4-5-6-7-8-9-10-11-12-13-14-17(21)18(22)16(19)15-20;/h16-18,20-22H,2-15,19H2,1H3;1H2/t16-,17+,18-;/m0./s1. The molecule has 142 valence electrons. The van der Waals surface area contributed by atoms with Crippen LogP contribution in [0.15, 0.2) is 0 Å². The van der Waals surface area contributed by atoms with Gasteiger partial charge in [-0.25, -0.2) is 0 Å². The molecule has 5 heteroatoms. The largest absolute Gasteiger partial charge is 0.412 e. The molecule has 7 N–H and O–H groups in total. The van der Waals surface area contributed by atoms with Crippen LogP contribution in [0.1, 0.15) is 90.4 Å². The maximum absolute atomic E-state index is 9.74. The van der Waals surface area contributed by atoms with Crippen LogP contribution in [0.2, 0.25) is 0 Å². The first-order valence-corrected chi connectivity index (χ1v) is 9.36. The van der Waals surface area contributed by atoms with Crippen LogP contribution < -0.4 is 5.73 Å². The average Bonchev–Trinajstić information content (AvgIpc) is 2.54. The summed E-state index contributed by atoms with van der Waals surface area (Å²) < 4.78 is 0. The number of aliphatic hydroxyl groups is 3. The zero-order chi connectivity index (χ0) is 16.6. The highest BCUT2D eigenvalue weighted by Gasteiger charge is 2.22. The Morgan fingerprint density at radius 2 is 1.13 bits per heavy atom. The monoisotopic (exact) mass is 335 g/mol. The quantitative estimate of drug-likeness (QED) is 0.324. The van der Waals surface area contributed by atoms with Gasteiger partial charge < -0.3 is 26.5 Å². The molecule has 0 radical (unpaired) electrons. The first kappa shape index (κ1) is 25.0. The minimum absolute atomic E-state index is 0. The Hall–Kier alpha value is -0.200. The van der Waals surface area contributed by atoms with E-state index >= 15 is 0 Å². The van der Waals surface area contributed by atoms with Crippen molar-refractivity contribution in [3.63, 3.8) is 0 Å². The Balaban J connectivity index is 0. The molecule has 0 rings (SSSR count). The fraction of sp³-hybridized carbons (Fsp3) is 1.00. The van der Waals surface area contributed by atoms with Crippen molar-refractivity contribution < 1.29 is 20.8 Å². The van der Waals surface area contributed by atoms with Gasteiger partial charge in [0.05, 0.1) is 24.9 Å². The van der Waals surface area contributed by atoms with Gasteiger partial charge in [-0.3, -0.25) is 0 Å². The third kappa shape index (κ3) is 15.1. The van der Waals surface area contributed by atoms with E-state index in [0.29, 0.717) is 6.42 Å². The molecule has 23 heavy (non-hydrogen) atoms. The lowest BCUT2D eigenvalue weighted by Gasteiger charge is -2.22. The molecule has 0 bridgehead atoms. The van der Waals surface area contributed by atoms with E-state index in [9.17, 15) is 10.2 Å². The van der Waals surface area contributed by atoms with Crippen LogP contribution in [0.3, 0.4) is 0 Å². The number of rotatable bonds is 16. The second-order valence-electron chi connectivity index (χ2n) is 6.58. The molecule has 0 aromatic heterocycles. The molecular weight excluding hydrogens is 294 g/mol. The van der Waals surface area contributed by atoms with E-state index in [4.69, 9.17) is 10.8 Å². The maximum Gasteiger partial charge on any atom is 0.0971 e. The van der Waals surface area contributed by atoms with Crippen molar-refractivity contribution in [3.8, 4) is 0 Å². The first-order valence-electron chi connectivity index (χ1n) is 9.36. The highest BCUT2D eigenvalue weighted by molar-refractivity contribution is 4.77. The molecule has 0 aliphatic carbocycles. The van der Waals surface area contributed by atoms with Crippen molar-refractivity contribution in [2.45, 2.75) is 109 Å². The van der Waals surface area contributed by atoms with Gasteiger partial charge in [-0.1, -0.05) is 84.0 Å². The molecule has 3 atom stereocenters. The summed E-state index contributed by atoms with van der Waals surface area (Å²) in [5, 5.41) is 28.2. The lowest BCUT2D eigenvalue weighted by molar-refractivity contribution is -0.0121. The van der Waals surface area contributed by atoms with Gasteiger partial charge in [-0.2, -0.15) is 0 Å². The number of hydrogen-bond donors (Lipinski definition) is 4. The summed E-state index contributed by atoms with van der Waals surface area (Å²) in [4.78, 5) is 0. The second-order valence-corrected chi connectivity index (χ2v) is 6.58. The molecule has 0 unspecified atom stereocenters. The summed E-state index contributed by atoms with van der Waals surface area (Å²) in [5.74, 6) is 0. The van der Waals surface area contributed by atoms with Crippen molar-refractivity contribution in [1.82, 2.24) is 0 Å². The maximum atomic E-state index is 9.74. The molecule has 0 aliphatic heterocycles. The number of nitrogens with two attached hydrogens (primary N) is 1. The van der Waals surface area contributed by atoms with E-state index in [2.05, 4.69) is 6.92 Å². The lowest BCUT2D eigenvalue weighted by Crippen LogP contribution is -2.45. The topological polar surface area (TPSA) is 118 Å². The molecular formula is C18H41NO4. The van der Waals surface area contributed by atoms with E-state index in [0.717, 1.165) is 12.8 Å². The molecule has 0 spiro atoms. The summed E-state index contributed by atoms with van der Waals surface area (Å²) in [6.07, 6.45) is 14.1. The SMILES string of the molecule is CCCCCCCCCCCCCC[C@@H](O)[C@@H](O)[C@@H](N)CO.O. The van der Waals surface area contributed by atoms with Gasteiger partial charge in [0.1, 0.15) is 0 Å². The van der Waals surface area contributed by atoms with Gasteiger partial charge >= 0.3 is 0 Å². The summed E-state index contributed by atoms with van der Waals surface area (Å²) >= 11 is 0. The van der Waals surface area contributed by atoms with Gasteiger partial charge in [0.25, 0.3) is 0 Å². The third-order valence-corrected chi connectivity index (χ3v) is 4.40. The number of aliphatic hydroxyl groups excluding tert-OH is 3. The highest BCUT2D eigenvalue weighted by atomic mass is 16.3. The Morgan fingerprint density at radius 1 is 0.739 bits per heavy atom. The Bertz CT molecular complexity index is 229. The molecule has 0 amide bonds. The van der Waals surface area contributed by atoms with E-state index in [1.54, 1.807) is 0 Å². The van der Waals surface area contributed by atoms with E-state index in [1.165, 1.54) is 64.2 Å². The molecule has 0 saturated carbocycles.